The number of benzene rings is 6. The Kier molecular flexibility index (Phi) is 6.40. The first-order chi connectivity index (χ1) is 24.9. The summed E-state index contributed by atoms with van der Waals surface area (Å²) in [5.74, 6) is 0. The summed E-state index contributed by atoms with van der Waals surface area (Å²) in [6.07, 6.45) is 4.71. The smallest absolute Gasteiger partial charge is 0.0583 e. The first-order valence-corrected chi connectivity index (χ1v) is 19.0. The third-order valence-corrected chi connectivity index (χ3v) is 12.6. The number of hydrogen-bond donors (Lipinski definition) is 0. The van der Waals surface area contributed by atoms with E-state index in [-0.39, 0.29) is 16.2 Å². The van der Waals surface area contributed by atoms with E-state index in [4.69, 9.17) is 0 Å². The average Bonchev–Trinajstić information content (AvgIpc) is 3.48. The molecule has 0 unspecified atom stereocenters. The highest BCUT2D eigenvalue weighted by Gasteiger charge is 2.43. The van der Waals surface area contributed by atoms with Gasteiger partial charge >= 0.3 is 0 Å². The van der Waals surface area contributed by atoms with Crippen molar-refractivity contribution in [1.29, 1.82) is 0 Å². The second-order valence-corrected chi connectivity index (χ2v) is 17.4. The van der Waals surface area contributed by atoms with E-state index in [1.807, 2.05) is 0 Å². The van der Waals surface area contributed by atoms with Gasteiger partial charge in [-0.1, -0.05) is 133 Å². The van der Waals surface area contributed by atoms with Crippen LogP contribution in [0.15, 0.2) is 121 Å². The van der Waals surface area contributed by atoms with Crippen LogP contribution < -0.4 is 15.5 Å². The highest BCUT2D eigenvalue weighted by atomic mass is 15.1. The molecular weight excluding hydrogens is 629 g/mol. The third kappa shape index (κ3) is 4.30. The predicted octanol–water partition coefficient (Wildman–Crippen LogP) is 11.9. The molecule has 10 rings (SSSR count). The Labute approximate surface area is 307 Å². The summed E-state index contributed by atoms with van der Waals surface area (Å²) in [5, 5.41) is 6.77. The van der Waals surface area contributed by atoms with E-state index >= 15 is 0 Å². The number of rotatable bonds is 4. The highest BCUT2D eigenvalue weighted by molar-refractivity contribution is 5.98. The van der Waals surface area contributed by atoms with E-state index in [2.05, 4.69) is 185 Å². The molecule has 2 heteroatoms. The van der Waals surface area contributed by atoms with Gasteiger partial charge < -0.3 is 9.47 Å². The Morgan fingerprint density at radius 3 is 1.96 bits per heavy atom. The molecule has 0 saturated heterocycles. The molecule has 0 fully saturated rings. The second-order valence-electron chi connectivity index (χ2n) is 17.4. The van der Waals surface area contributed by atoms with Crippen molar-refractivity contribution in [3.8, 4) is 16.8 Å². The molecular formula is C50H46N2. The lowest BCUT2D eigenvalue weighted by Crippen LogP contribution is -2.45. The predicted molar refractivity (Wildman–Crippen MR) is 221 cm³/mol. The van der Waals surface area contributed by atoms with E-state index in [1.54, 1.807) is 5.57 Å². The van der Waals surface area contributed by atoms with Gasteiger partial charge in [-0.2, -0.15) is 0 Å². The lowest BCUT2D eigenvalue weighted by molar-refractivity contribution is 0.590. The quantitative estimate of drug-likeness (QED) is 0.180. The minimum atomic E-state index is -0.175. The van der Waals surface area contributed by atoms with Crippen molar-refractivity contribution in [2.24, 2.45) is 0 Å². The van der Waals surface area contributed by atoms with Crippen molar-refractivity contribution < 1.29 is 0 Å². The average molecular weight is 675 g/mol. The summed E-state index contributed by atoms with van der Waals surface area (Å²) < 4.78 is 2.66. The summed E-state index contributed by atoms with van der Waals surface area (Å²) in [6.45, 7) is 16.6. The van der Waals surface area contributed by atoms with Crippen LogP contribution >= 0.6 is 0 Å². The molecule has 0 spiro atoms. The maximum Gasteiger partial charge on any atom is 0.0583 e. The largest absolute Gasteiger partial charge is 0.310 e. The van der Waals surface area contributed by atoms with E-state index in [0.717, 1.165) is 18.5 Å². The van der Waals surface area contributed by atoms with Crippen LogP contribution in [0, 0.1) is 0 Å². The molecule has 0 N–H and O–H groups in total. The molecule has 0 amide bonds. The number of aromatic nitrogens is 1. The normalized spacial score (nSPS) is 16.2. The fraction of sp³-hybridized carbons (Fsp3) is 0.240. The van der Waals surface area contributed by atoms with Crippen molar-refractivity contribution in [1.82, 2.24) is 4.57 Å². The van der Waals surface area contributed by atoms with E-state index < -0.39 is 0 Å². The van der Waals surface area contributed by atoms with Gasteiger partial charge in [0.1, 0.15) is 0 Å². The van der Waals surface area contributed by atoms with Gasteiger partial charge in [-0.3, -0.25) is 0 Å². The minimum absolute atomic E-state index is 0.0111. The van der Waals surface area contributed by atoms with E-state index in [9.17, 15) is 0 Å². The second kappa shape index (κ2) is 10.6. The monoisotopic (exact) mass is 674 g/mol. The summed E-state index contributed by atoms with van der Waals surface area (Å²) in [7, 11) is 0. The van der Waals surface area contributed by atoms with Crippen LogP contribution in [-0.4, -0.2) is 4.57 Å². The van der Waals surface area contributed by atoms with Crippen LogP contribution in [0.1, 0.15) is 83.6 Å². The number of anilines is 3. The van der Waals surface area contributed by atoms with Crippen molar-refractivity contribution in [2.45, 2.75) is 77.6 Å². The fourth-order valence-electron chi connectivity index (χ4n) is 9.68. The first kappa shape index (κ1) is 31.4. The molecule has 52 heavy (non-hydrogen) atoms. The SMILES string of the molecule is CC(C)(C)c1ccc(N(c2ccc(-c3ccc4ccccc4c3)cc2)c2cc3c4c(c2)c2c5n4-c4c(cccc4C3(C)C)C(C)(C)C=5CCC=2)cc1. The lowest BCUT2D eigenvalue weighted by Gasteiger charge is -2.42. The van der Waals surface area contributed by atoms with Gasteiger partial charge in [0.2, 0.25) is 0 Å². The molecule has 0 bridgehead atoms. The van der Waals surface area contributed by atoms with Gasteiger partial charge in [0.05, 0.1) is 16.6 Å². The van der Waals surface area contributed by atoms with Gasteiger partial charge in [0.25, 0.3) is 0 Å². The zero-order chi connectivity index (χ0) is 35.7. The Hall–Kier alpha value is -5.34. The zero-order valence-corrected chi connectivity index (χ0v) is 31.4. The zero-order valence-electron chi connectivity index (χ0n) is 31.4. The Morgan fingerprint density at radius 1 is 0.596 bits per heavy atom. The van der Waals surface area contributed by atoms with Gasteiger partial charge in [0.15, 0.2) is 0 Å². The maximum atomic E-state index is 2.66. The molecule has 2 aliphatic heterocycles. The molecule has 6 aromatic carbocycles. The molecule has 3 aliphatic rings. The van der Waals surface area contributed by atoms with E-state index in [0.29, 0.717) is 0 Å². The number of hydrogen-bond acceptors (Lipinski definition) is 1. The third-order valence-electron chi connectivity index (χ3n) is 12.6. The van der Waals surface area contributed by atoms with Crippen molar-refractivity contribution >= 4 is 50.4 Å². The van der Waals surface area contributed by atoms with Gasteiger partial charge in [-0.15, -0.1) is 0 Å². The molecule has 1 aromatic heterocycles. The van der Waals surface area contributed by atoms with Crippen LogP contribution in [0.2, 0.25) is 0 Å². The minimum Gasteiger partial charge on any atom is -0.310 e. The van der Waals surface area contributed by atoms with Crippen LogP contribution in [0.5, 0.6) is 0 Å². The Balaban J connectivity index is 1.22. The fourth-order valence-corrected chi connectivity index (χ4v) is 9.68. The van der Waals surface area contributed by atoms with Crippen molar-refractivity contribution in [3.63, 3.8) is 0 Å². The molecule has 7 aromatic rings. The molecule has 256 valence electrons. The summed E-state index contributed by atoms with van der Waals surface area (Å²) in [4.78, 5) is 2.48. The standard InChI is InChI=1S/C50H46N2/c1-48(2,3)35-22-26-37(27-23-35)51(36-24-20-32(21-25-36)34-19-18-31-12-8-9-13-33(31)28-34)38-29-40-39-14-10-15-41-45(39)52-46(40)44(30-38)50(6,7)43-17-11-16-42(47(43)52)49(41,4)5/h8-9,11-14,16-30H,10,15H2,1-7H3. The first-order valence-electron chi connectivity index (χ1n) is 19.0. The molecule has 2 nitrogen and oxygen atoms in total. The lowest BCUT2D eigenvalue weighted by atomic mass is 9.68. The summed E-state index contributed by atoms with van der Waals surface area (Å²) in [6, 6.07) is 45.9. The van der Waals surface area contributed by atoms with Crippen LogP contribution in [0.3, 0.4) is 0 Å². The van der Waals surface area contributed by atoms with Crippen LogP contribution in [-0.2, 0) is 16.2 Å². The number of para-hydroxylation sites is 1. The summed E-state index contributed by atoms with van der Waals surface area (Å²) in [5.41, 5.74) is 15.9. The van der Waals surface area contributed by atoms with Crippen LogP contribution in [0.25, 0.3) is 50.1 Å². The Bertz CT molecular complexity index is 2750. The van der Waals surface area contributed by atoms with Gasteiger partial charge in [-0.25, -0.2) is 0 Å². The van der Waals surface area contributed by atoms with E-state index in [1.165, 1.54) is 82.7 Å². The van der Waals surface area contributed by atoms with Gasteiger partial charge in [0, 0.05) is 38.5 Å². The Morgan fingerprint density at radius 2 is 1.25 bits per heavy atom. The van der Waals surface area contributed by atoms with Crippen molar-refractivity contribution in [3.05, 3.63) is 154 Å². The topological polar surface area (TPSA) is 8.17 Å². The van der Waals surface area contributed by atoms with Gasteiger partial charge in [-0.05, 0) is 110 Å². The summed E-state index contributed by atoms with van der Waals surface area (Å²) >= 11 is 0. The molecule has 0 saturated carbocycles. The van der Waals surface area contributed by atoms with Crippen molar-refractivity contribution in [2.75, 3.05) is 4.90 Å². The molecule has 0 radical (unpaired) electrons. The maximum absolute atomic E-state index is 2.66. The molecule has 3 heterocycles. The number of nitrogens with zero attached hydrogens (tertiary/aromatic N) is 2. The molecule has 1 aliphatic carbocycles. The number of fused-ring (bicyclic) bond motifs is 2. The highest BCUT2D eigenvalue weighted by Crippen LogP contribution is 2.52. The molecule has 0 atom stereocenters. The van der Waals surface area contributed by atoms with Crippen LogP contribution in [0.4, 0.5) is 17.1 Å².